The van der Waals surface area contributed by atoms with Gasteiger partial charge in [0.2, 0.25) is 5.91 Å². The Morgan fingerprint density at radius 2 is 1.71 bits per heavy atom. The van der Waals surface area contributed by atoms with Crippen LogP contribution in [0.1, 0.15) is 46.3 Å². The van der Waals surface area contributed by atoms with E-state index in [-0.39, 0.29) is 25.2 Å². The van der Waals surface area contributed by atoms with Gasteiger partial charge in [-0.05, 0) is 61.1 Å². The number of hydrogen-bond donors (Lipinski definition) is 2. The van der Waals surface area contributed by atoms with Gasteiger partial charge in [-0.25, -0.2) is 0 Å². The van der Waals surface area contributed by atoms with E-state index in [4.69, 9.17) is 4.74 Å². The summed E-state index contributed by atoms with van der Waals surface area (Å²) >= 11 is 0. The Morgan fingerprint density at radius 1 is 0.929 bits per heavy atom. The first-order chi connectivity index (χ1) is 13.5. The van der Waals surface area contributed by atoms with Gasteiger partial charge in [0.1, 0.15) is 5.75 Å². The van der Waals surface area contributed by atoms with Crippen LogP contribution in [-0.2, 0) is 22.4 Å². The zero-order valence-electron chi connectivity index (χ0n) is 15.9. The largest absolute Gasteiger partial charge is 0.484 e. The van der Waals surface area contributed by atoms with Crippen LogP contribution in [-0.4, -0.2) is 24.2 Å². The van der Waals surface area contributed by atoms with E-state index < -0.39 is 11.8 Å². The fourth-order valence-corrected chi connectivity index (χ4v) is 3.21. The molecule has 0 aromatic heterocycles. The van der Waals surface area contributed by atoms with Crippen molar-refractivity contribution in [2.45, 2.75) is 39.0 Å². The molecule has 2 aromatic rings. The molecule has 2 aromatic carbocycles. The molecule has 2 amide bonds. The van der Waals surface area contributed by atoms with Gasteiger partial charge in [0.15, 0.2) is 12.4 Å². The lowest BCUT2D eigenvalue weighted by atomic mass is 10.0. The monoisotopic (exact) mass is 380 g/mol. The maximum absolute atomic E-state index is 12.3. The summed E-state index contributed by atoms with van der Waals surface area (Å²) in [5.41, 5.74) is 8.81. The third-order valence-electron chi connectivity index (χ3n) is 4.70. The SMILES string of the molecule is Cc1cccc(OCC(=O)NNC(=O)CCC(=O)c2ccc3c(c2)CCC3)c1. The maximum Gasteiger partial charge on any atom is 0.276 e. The molecule has 2 N–H and O–H groups in total. The summed E-state index contributed by atoms with van der Waals surface area (Å²) in [4.78, 5) is 35.9. The molecule has 0 fully saturated rings. The quantitative estimate of drug-likeness (QED) is 0.571. The minimum absolute atomic E-state index is 0.00886. The molecule has 1 aliphatic carbocycles. The van der Waals surface area contributed by atoms with Crippen molar-refractivity contribution in [2.75, 3.05) is 6.61 Å². The second kappa shape index (κ2) is 9.17. The molecule has 0 radical (unpaired) electrons. The van der Waals surface area contributed by atoms with Gasteiger partial charge in [-0.1, -0.05) is 24.3 Å². The van der Waals surface area contributed by atoms with Gasteiger partial charge in [-0.15, -0.1) is 0 Å². The summed E-state index contributed by atoms with van der Waals surface area (Å²) in [5.74, 6) is -0.376. The smallest absolute Gasteiger partial charge is 0.276 e. The molecule has 0 heterocycles. The molecule has 0 aliphatic heterocycles. The fraction of sp³-hybridized carbons (Fsp3) is 0.318. The Morgan fingerprint density at radius 3 is 2.54 bits per heavy atom. The van der Waals surface area contributed by atoms with E-state index in [0.717, 1.165) is 24.8 Å². The van der Waals surface area contributed by atoms with Crippen molar-refractivity contribution in [2.24, 2.45) is 0 Å². The van der Waals surface area contributed by atoms with Crippen LogP contribution in [0.4, 0.5) is 0 Å². The molecule has 0 bridgehead atoms. The van der Waals surface area contributed by atoms with Crippen molar-refractivity contribution < 1.29 is 19.1 Å². The van der Waals surface area contributed by atoms with Gasteiger partial charge in [-0.3, -0.25) is 25.2 Å². The van der Waals surface area contributed by atoms with Crippen LogP contribution < -0.4 is 15.6 Å². The standard InChI is InChI=1S/C22H24N2O4/c1-15-4-2-7-19(12-15)28-14-22(27)24-23-21(26)11-10-20(25)18-9-8-16-5-3-6-17(16)13-18/h2,4,7-9,12-13H,3,5-6,10-11,14H2,1H3,(H,23,26)(H,24,27). The highest BCUT2D eigenvalue weighted by molar-refractivity contribution is 5.98. The molecule has 6 nitrogen and oxygen atoms in total. The predicted molar refractivity (Wildman–Crippen MR) is 105 cm³/mol. The number of amides is 2. The zero-order valence-corrected chi connectivity index (χ0v) is 15.9. The summed E-state index contributed by atoms with van der Waals surface area (Å²) in [6.45, 7) is 1.72. The number of carbonyl (C=O) groups excluding carboxylic acids is 3. The molecule has 0 atom stereocenters. The number of rotatable bonds is 7. The number of aryl methyl sites for hydroxylation is 3. The van der Waals surface area contributed by atoms with Crippen LogP contribution in [0.15, 0.2) is 42.5 Å². The Balaban J connectivity index is 1.37. The lowest BCUT2D eigenvalue weighted by molar-refractivity contribution is -0.130. The highest BCUT2D eigenvalue weighted by Crippen LogP contribution is 2.23. The van der Waals surface area contributed by atoms with E-state index in [2.05, 4.69) is 10.9 Å². The van der Waals surface area contributed by atoms with Crippen molar-refractivity contribution in [1.29, 1.82) is 0 Å². The van der Waals surface area contributed by atoms with Crippen LogP contribution in [0, 0.1) is 6.92 Å². The minimum atomic E-state index is -0.472. The second-order valence-electron chi connectivity index (χ2n) is 6.96. The molecule has 146 valence electrons. The van der Waals surface area contributed by atoms with Gasteiger partial charge in [-0.2, -0.15) is 0 Å². The number of carbonyl (C=O) groups is 3. The second-order valence-corrected chi connectivity index (χ2v) is 6.96. The van der Waals surface area contributed by atoms with Gasteiger partial charge >= 0.3 is 0 Å². The van der Waals surface area contributed by atoms with E-state index in [9.17, 15) is 14.4 Å². The Bertz CT molecular complexity index is 892. The third kappa shape index (κ3) is 5.42. The van der Waals surface area contributed by atoms with E-state index >= 15 is 0 Å². The van der Waals surface area contributed by atoms with Gasteiger partial charge in [0, 0.05) is 18.4 Å². The van der Waals surface area contributed by atoms with Crippen LogP contribution in [0.25, 0.3) is 0 Å². The Kier molecular flexibility index (Phi) is 6.42. The number of ether oxygens (including phenoxy) is 1. The first-order valence-electron chi connectivity index (χ1n) is 9.43. The van der Waals surface area contributed by atoms with E-state index in [1.54, 1.807) is 6.07 Å². The topological polar surface area (TPSA) is 84.5 Å². The van der Waals surface area contributed by atoms with Crippen molar-refractivity contribution in [3.05, 3.63) is 64.7 Å². The first kappa shape index (κ1) is 19.6. The number of benzene rings is 2. The number of fused-ring (bicyclic) bond motifs is 1. The number of Topliss-reactive ketones (excluding diaryl/α,β-unsaturated/α-hetero) is 1. The van der Waals surface area contributed by atoms with Crippen molar-refractivity contribution in [3.63, 3.8) is 0 Å². The summed E-state index contributed by atoms with van der Waals surface area (Å²) < 4.78 is 5.36. The number of nitrogens with one attached hydrogen (secondary N) is 2. The van der Waals surface area contributed by atoms with E-state index in [1.165, 1.54) is 11.1 Å². The molecule has 1 aliphatic rings. The lowest BCUT2D eigenvalue weighted by Gasteiger charge is -2.09. The van der Waals surface area contributed by atoms with Crippen molar-refractivity contribution in [1.82, 2.24) is 10.9 Å². The molecular weight excluding hydrogens is 356 g/mol. The number of hydrazine groups is 1. The predicted octanol–water partition coefficient (Wildman–Crippen LogP) is 2.67. The van der Waals surface area contributed by atoms with Gasteiger partial charge < -0.3 is 4.74 Å². The highest BCUT2D eigenvalue weighted by atomic mass is 16.5. The van der Waals surface area contributed by atoms with Crippen LogP contribution in [0.5, 0.6) is 5.75 Å². The van der Waals surface area contributed by atoms with Crippen LogP contribution in [0.3, 0.4) is 0 Å². The average Bonchev–Trinajstić information content (AvgIpc) is 3.16. The molecular formula is C22H24N2O4. The minimum Gasteiger partial charge on any atom is -0.484 e. The lowest BCUT2D eigenvalue weighted by Crippen LogP contribution is -2.43. The fourth-order valence-electron chi connectivity index (χ4n) is 3.21. The van der Waals surface area contributed by atoms with Crippen LogP contribution >= 0.6 is 0 Å². The Labute approximate surface area is 164 Å². The summed E-state index contributed by atoms with van der Waals surface area (Å²) in [6.07, 6.45) is 3.31. The molecule has 28 heavy (non-hydrogen) atoms. The molecule has 0 unspecified atom stereocenters. The zero-order chi connectivity index (χ0) is 19.9. The average molecular weight is 380 g/mol. The highest BCUT2D eigenvalue weighted by Gasteiger charge is 2.15. The van der Waals surface area contributed by atoms with Gasteiger partial charge in [0.25, 0.3) is 5.91 Å². The maximum atomic E-state index is 12.3. The molecule has 0 saturated heterocycles. The Hall–Kier alpha value is -3.15. The van der Waals surface area contributed by atoms with Crippen LogP contribution in [0.2, 0.25) is 0 Å². The molecule has 0 spiro atoms. The first-order valence-corrected chi connectivity index (χ1v) is 9.43. The summed E-state index contributed by atoms with van der Waals surface area (Å²) in [5, 5.41) is 0. The van der Waals surface area contributed by atoms with Gasteiger partial charge in [0.05, 0.1) is 0 Å². The van der Waals surface area contributed by atoms with E-state index in [1.807, 2.05) is 43.3 Å². The third-order valence-corrected chi connectivity index (χ3v) is 4.70. The normalized spacial score (nSPS) is 12.2. The summed E-state index contributed by atoms with van der Waals surface area (Å²) in [6, 6.07) is 13.1. The molecule has 6 heteroatoms. The van der Waals surface area contributed by atoms with Crippen molar-refractivity contribution in [3.8, 4) is 5.75 Å². The number of hydrogen-bond acceptors (Lipinski definition) is 4. The van der Waals surface area contributed by atoms with E-state index in [0.29, 0.717) is 11.3 Å². The summed E-state index contributed by atoms with van der Waals surface area (Å²) in [7, 11) is 0. The molecule has 0 saturated carbocycles. The van der Waals surface area contributed by atoms with Crippen molar-refractivity contribution >= 4 is 17.6 Å². The molecule has 3 rings (SSSR count). The number of ketones is 1.